The van der Waals surface area contributed by atoms with Crippen molar-refractivity contribution < 1.29 is 0 Å². The van der Waals surface area contributed by atoms with Crippen molar-refractivity contribution in [1.82, 2.24) is 20.2 Å². The molecule has 0 aliphatic carbocycles. The van der Waals surface area contributed by atoms with Crippen molar-refractivity contribution in [2.24, 2.45) is 4.99 Å². The largest absolute Gasteiger partial charge is 0.357 e. The normalized spacial score (nSPS) is 11.2. The number of halogens is 1. The van der Waals surface area contributed by atoms with Crippen molar-refractivity contribution in [3.05, 3.63) is 48.5 Å². The smallest absolute Gasteiger partial charge is 0.191 e. The summed E-state index contributed by atoms with van der Waals surface area (Å²) in [6, 6.07) is 8.59. The summed E-state index contributed by atoms with van der Waals surface area (Å²) in [5.74, 6) is 0.841. The molecule has 120 valence electrons. The van der Waals surface area contributed by atoms with Crippen LogP contribution in [0, 0.1) is 0 Å². The van der Waals surface area contributed by atoms with Gasteiger partial charge in [0, 0.05) is 25.0 Å². The zero-order valence-electron chi connectivity index (χ0n) is 13.3. The molecular weight excluding hydrogens is 389 g/mol. The molecule has 0 fully saturated rings. The SMILES string of the molecule is CCNC(=NCc1ccccc1-n1ccnc1)NC(C)C.I. The Hall–Kier alpha value is -1.57. The molecule has 0 radical (unpaired) electrons. The first-order valence-corrected chi connectivity index (χ1v) is 7.31. The van der Waals surface area contributed by atoms with E-state index in [-0.39, 0.29) is 24.0 Å². The molecule has 0 unspecified atom stereocenters. The van der Waals surface area contributed by atoms with Crippen molar-refractivity contribution in [2.45, 2.75) is 33.4 Å². The van der Waals surface area contributed by atoms with Crippen LogP contribution in [-0.2, 0) is 6.54 Å². The van der Waals surface area contributed by atoms with Crippen LogP contribution in [0.3, 0.4) is 0 Å². The molecule has 0 bridgehead atoms. The monoisotopic (exact) mass is 413 g/mol. The second-order valence-electron chi connectivity index (χ2n) is 5.09. The van der Waals surface area contributed by atoms with Gasteiger partial charge in [-0.25, -0.2) is 9.98 Å². The minimum Gasteiger partial charge on any atom is -0.357 e. The summed E-state index contributed by atoms with van der Waals surface area (Å²) in [7, 11) is 0. The molecule has 0 aliphatic rings. The Morgan fingerprint density at radius 3 is 2.73 bits per heavy atom. The maximum Gasteiger partial charge on any atom is 0.191 e. The molecule has 0 saturated carbocycles. The fourth-order valence-corrected chi connectivity index (χ4v) is 2.06. The minimum atomic E-state index is 0. The van der Waals surface area contributed by atoms with Crippen LogP contribution < -0.4 is 10.6 Å². The highest BCUT2D eigenvalue weighted by Gasteiger charge is 2.04. The van der Waals surface area contributed by atoms with Crippen molar-refractivity contribution in [1.29, 1.82) is 0 Å². The number of aromatic nitrogens is 2. The summed E-state index contributed by atoms with van der Waals surface area (Å²) in [5, 5.41) is 6.58. The molecule has 2 aromatic rings. The van der Waals surface area contributed by atoms with Crippen LogP contribution in [0.15, 0.2) is 48.0 Å². The quantitative estimate of drug-likeness (QED) is 0.450. The van der Waals surface area contributed by atoms with Crippen LogP contribution in [0.4, 0.5) is 0 Å². The lowest BCUT2D eigenvalue weighted by molar-refractivity contribution is 0.700. The average Bonchev–Trinajstić information content (AvgIpc) is 2.99. The van der Waals surface area contributed by atoms with Gasteiger partial charge < -0.3 is 15.2 Å². The number of rotatable bonds is 5. The third kappa shape index (κ3) is 5.32. The van der Waals surface area contributed by atoms with Gasteiger partial charge in [-0.1, -0.05) is 18.2 Å². The summed E-state index contributed by atoms with van der Waals surface area (Å²) in [6.45, 7) is 7.74. The molecule has 0 atom stereocenters. The van der Waals surface area contributed by atoms with E-state index in [0.717, 1.165) is 23.8 Å². The summed E-state index contributed by atoms with van der Waals surface area (Å²) in [5.41, 5.74) is 2.27. The molecule has 0 amide bonds. The summed E-state index contributed by atoms with van der Waals surface area (Å²) in [4.78, 5) is 8.76. The second-order valence-corrected chi connectivity index (χ2v) is 5.09. The first-order valence-electron chi connectivity index (χ1n) is 7.31. The van der Waals surface area contributed by atoms with Crippen LogP contribution in [0.25, 0.3) is 5.69 Å². The number of nitrogens with zero attached hydrogens (tertiary/aromatic N) is 3. The predicted octanol–water partition coefficient (Wildman–Crippen LogP) is 2.95. The first-order chi connectivity index (χ1) is 10.2. The third-order valence-electron chi connectivity index (χ3n) is 2.95. The van der Waals surface area contributed by atoms with E-state index in [4.69, 9.17) is 0 Å². The highest BCUT2D eigenvalue weighted by Crippen LogP contribution is 2.14. The predicted molar refractivity (Wildman–Crippen MR) is 102 cm³/mol. The van der Waals surface area contributed by atoms with E-state index in [0.29, 0.717) is 12.6 Å². The Morgan fingerprint density at radius 2 is 2.09 bits per heavy atom. The van der Waals surface area contributed by atoms with E-state index in [1.165, 1.54) is 0 Å². The molecule has 22 heavy (non-hydrogen) atoms. The lowest BCUT2D eigenvalue weighted by Crippen LogP contribution is -2.41. The number of para-hydroxylation sites is 1. The zero-order valence-corrected chi connectivity index (χ0v) is 15.6. The maximum absolute atomic E-state index is 4.66. The van der Waals surface area contributed by atoms with Crippen LogP contribution in [-0.4, -0.2) is 28.1 Å². The third-order valence-corrected chi connectivity index (χ3v) is 2.95. The highest BCUT2D eigenvalue weighted by molar-refractivity contribution is 14.0. The van der Waals surface area contributed by atoms with E-state index in [9.17, 15) is 0 Å². The molecule has 2 rings (SSSR count). The van der Waals surface area contributed by atoms with Gasteiger partial charge in [-0.15, -0.1) is 24.0 Å². The van der Waals surface area contributed by atoms with Gasteiger partial charge in [0.05, 0.1) is 18.6 Å². The Balaban J connectivity index is 0.00000242. The summed E-state index contributed by atoms with van der Waals surface area (Å²) in [6.07, 6.45) is 5.53. The molecule has 1 aromatic heterocycles. The lowest BCUT2D eigenvalue weighted by Gasteiger charge is -2.14. The van der Waals surface area contributed by atoms with E-state index < -0.39 is 0 Å². The van der Waals surface area contributed by atoms with Gasteiger partial charge >= 0.3 is 0 Å². The topological polar surface area (TPSA) is 54.2 Å². The molecule has 0 saturated heterocycles. The van der Waals surface area contributed by atoms with E-state index in [1.54, 1.807) is 12.5 Å². The number of benzene rings is 1. The Labute approximate surface area is 149 Å². The van der Waals surface area contributed by atoms with Crippen LogP contribution >= 0.6 is 24.0 Å². The zero-order chi connectivity index (χ0) is 15.1. The number of hydrogen-bond acceptors (Lipinski definition) is 2. The molecule has 2 N–H and O–H groups in total. The van der Waals surface area contributed by atoms with E-state index in [1.807, 2.05) is 22.9 Å². The summed E-state index contributed by atoms with van der Waals surface area (Å²) >= 11 is 0. The number of nitrogens with one attached hydrogen (secondary N) is 2. The minimum absolute atomic E-state index is 0. The van der Waals surface area contributed by atoms with Crippen molar-refractivity contribution in [3.8, 4) is 5.69 Å². The second kappa shape index (κ2) is 9.45. The Morgan fingerprint density at radius 1 is 1.32 bits per heavy atom. The van der Waals surface area contributed by atoms with Crippen LogP contribution in [0.2, 0.25) is 0 Å². The van der Waals surface area contributed by atoms with Gasteiger partial charge in [0.15, 0.2) is 5.96 Å². The van der Waals surface area contributed by atoms with Gasteiger partial charge in [0.25, 0.3) is 0 Å². The standard InChI is InChI=1S/C16H23N5.HI/c1-4-18-16(20-13(2)3)19-11-14-7-5-6-8-15(14)21-10-9-17-12-21;/h5-10,12-13H,4,11H2,1-3H3,(H2,18,19,20);1H. The van der Waals surface area contributed by atoms with E-state index >= 15 is 0 Å². The first kappa shape index (κ1) is 18.5. The molecule has 5 nitrogen and oxygen atoms in total. The fraction of sp³-hybridized carbons (Fsp3) is 0.375. The van der Waals surface area contributed by atoms with Crippen molar-refractivity contribution in [3.63, 3.8) is 0 Å². The van der Waals surface area contributed by atoms with Gasteiger partial charge in [-0.3, -0.25) is 0 Å². The van der Waals surface area contributed by atoms with Crippen LogP contribution in [0.1, 0.15) is 26.3 Å². The molecule has 1 heterocycles. The van der Waals surface area contributed by atoms with Crippen molar-refractivity contribution in [2.75, 3.05) is 6.54 Å². The molecule has 1 aromatic carbocycles. The summed E-state index contributed by atoms with van der Waals surface area (Å²) < 4.78 is 2.01. The maximum atomic E-state index is 4.66. The number of aliphatic imine (C=N–C) groups is 1. The average molecular weight is 413 g/mol. The van der Waals surface area contributed by atoms with E-state index in [2.05, 4.69) is 53.5 Å². The number of guanidine groups is 1. The Kier molecular flexibility index (Phi) is 7.94. The number of hydrogen-bond donors (Lipinski definition) is 2. The Bertz CT molecular complexity index is 578. The fourth-order valence-electron chi connectivity index (χ4n) is 2.06. The molecular formula is C16H24IN5. The molecule has 0 aliphatic heterocycles. The molecule has 6 heteroatoms. The van der Waals surface area contributed by atoms with Gasteiger partial charge in [0.2, 0.25) is 0 Å². The molecule has 0 spiro atoms. The van der Waals surface area contributed by atoms with Gasteiger partial charge in [-0.2, -0.15) is 0 Å². The van der Waals surface area contributed by atoms with Crippen LogP contribution in [0.5, 0.6) is 0 Å². The van der Waals surface area contributed by atoms with Crippen molar-refractivity contribution >= 4 is 29.9 Å². The van der Waals surface area contributed by atoms with Gasteiger partial charge in [0.1, 0.15) is 0 Å². The van der Waals surface area contributed by atoms with Gasteiger partial charge in [-0.05, 0) is 32.4 Å². The number of imidazole rings is 1. The highest BCUT2D eigenvalue weighted by atomic mass is 127. The lowest BCUT2D eigenvalue weighted by atomic mass is 10.2.